The lowest BCUT2D eigenvalue weighted by atomic mass is 9.69. The second-order valence-corrected chi connectivity index (χ2v) is 9.76. The molecule has 166 valence electrons. The van der Waals surface area contributed by atoms with Crippen molar-refractivity contribution in [3.8, 4) is 5.75 Å². The number of aromatic nitrogens is 1. The Kier molecular flexibility index (Phi) is 5.43. The molecule has 0 aliphatic carbocycles. The summed E-state index contributed by atoms with van der Waals surface area (Å²) in [7, 11) is 2.10. The highest BCUT2D eigenvalue weighted by Crippen LogP contribution is 2.46. The summed E-state index contributed by atoms with van der Waals surface area (Å²) in [6, 6.07) is 12.4. The summed E-state index contributed by atoms with van der Waals surface area (Å²) in [4.78, 5) is 19.2. The standard InChI is InChI=1S/C25H26BrN3O3/c1-15-20(24(27)30)10-18(32-12-17-5-7-29(17)2)11-21(15)25(13-31-14-25)22-8-16(26)9-23-19(22)4-3-6-28-23/h3-4,6,8-11,17H,5,7,12-14H2,1-2H3,(H2,27,30). The summed E-state index contributed by atoms with van der Waals surface area (Å²) in [6.07, 6.45) is 2.91. The molecule has 1 unspecified atom stereocenters. The maximum absolute atomic E-state index is 12.3. The molecule has 2 aromatic carbocycles. The van der Waals surface area contributed by atoms with Gasteiger partial charge in [-0.25, -0.2) is 0 Å². The zero-order valence-corrected chi connectivity index (χ0v) is 19.8. The number of ether oxygens (including phenoxy) is 2. The normalized spacial score (nSPS) is 19.9. The van der Waals surface area contributed by atoms with E-state index < -0.39 is 11.3 Å². The molecule has 3 aromatic rings. The number of likely N-dealkylation sites (tertiary alicyclic amines) is 1. The molecule has 2 fully saturated rings. The van der Waals surface area contributed by atoms with Crippen molar-refractivity contribution in [1.82, 2.24) is 9.88 Å². The van der Waals surface area contributed by atoms with Crippen LogP contribution in [0.5, 0.6) is 5.75 Å². The van der Waals surface area contributed by atoms with Gasteiger partial charge in [0.15, 0.2) is 0 Å². The molecule has 0 bridgehead atoms. The number of rotatable bonds is 6. The third-order valence-electron chi connectivity index (χ3n) is 6.94. The molecule has 1 amide bonds. The molecule has 0 radical (unpaired) electrons. The fourth-order valence-electron chi connectivity index (χ4n) is 4.80. The van der Waals surface area contributed by atoms with E-state index in [1.54, 1.807) is 12.3 Å². The minimum atomic E-state index is -0.453. The van der Waals surface area contributed by atoms with E-state index in [-0.39, 0.29) is 0 Å². The van der Waals surface area contributed by atoms with Crippen LogP contribution in [0.4, 0.5) is 0 Å². The maximum Gasteiger partial charge on any atom is 0.249 e. The van der Waals surface area contributed by atoms with Crippen LogP contribution in [-0.4, -0.2) is 55.2 Å². The molecule has 6 nitrogen and oxygen atoms in total. The smallest absolute Gasteiger partial charge is 0.249 e. The molecule has 2 aliphatic rings. The highest BCUT2D eigenvalue weighted by Gasteiger charge is 2.45. The van der Waals surface area contributed by atoms with Gasteiger partial charge >= 0.3 is 0 Å². The van der Waals surface area contributed by atoms with Crippen molar-refractivity contribution in [2.75, 3.05) is 33.4 Å². The molecule has 1 atom stereocenters. The van der Waals surface area contributed by atoms with Crippen LogP contribution in [0.1, 0.15) is 33.5 Å². The molecular formula is C25H26BrN3O3. The van der Waals surface area contributed by atoms with Gasteiger partial charge in [-0.15, -0.1) is 0 Å². The molecule has 5 rings (SSSR count). The first-order valence-corrected chi connectivity index (χ1v) is 11.6. The second-order valence-electron chi connectivity index (χ2n) is 8.84. The Labute approximate surface area is 195 Å². The summed E-state index contributed by atoms with van der Waals surface area (Å²) in [6.45, 7) is 4.66. The van der Waals surface area contributed by atoms with Crippen molar-refractivity contribution >= 4 is 32.7 Å². The van der Waals surface area contributed by atoms with E-state index in [0.29, 0.717) is 37.2 Å². The van der Waals surface area contributed by atoms with Gasteiger partial charge in [-0.1, -0.05) is 22.0 Å². The Morgan fingerprint density at radius 1 is 1.31 bits per heavy atom. The van der Waals surface area contributed by atoms with E-state index in [9.17, 15) is 4.79 Å². The van der Waals surface area contributed by atoms with Crippen molar-refractivity contribution < 1.29 is 14.3 Å². The van der Waals surface area contributed by atoms with Gasteiger partial charge in [0.2, 0.25) is 5.91 Å². The van der Waals surface area contributed by atoms with E-state index >= 15 is 0 Å². The molecule has 2 saturated heterocycles. The van der Waals surface area contributed by atoms with E-state index in [0.717, 1.165) is 45.0 Å². The summed E-state index contributed by atoms with van der Waals surface area (Å²) in [5.41, 5.74) is 9.77. The Balaban J connectivity index is 1.64. The summed E-state index contributed by atoms with van der Waals surface area (Å²) in [5, 5.41) is 1.07. The van der Waals surface area contributed by atoms with E-state index in [4.69, 9.17) is 15.2 Å². The van der Waals surface area contributed by atoms with E-state index in [2.05, 4.69) is 51.1 Å². The Morgan fingerprint density at radius 2 is 2.12 bits per heavy atom. The number of hydrogen-bond acceptors (Lipinski definition) is 5. The highest BCUT2D eigenvalue weighted by molar-refractivity contribution is 9.10. The van der Waals surface area contributed by atoms with Gasteiger partial charge in [0.05, 0.1) is 24.1 Å². The van der Waals surface area contributed by atoms with Crippen molar-refractivity contribution in [3.63, 3.8) is 0 Å². The first-order valence-electron chi connectivity index (χ1n) is 10.8. The second kappa shape index (κ2) is 8.14. The SMILES string of the molecule is Cc1c(C(N)=O)cc(OCC2CCN2C)cc1C1(c2cc(Br)cc3ncccc23)COC1. The van der Waals surface area contributed by atoms with Crippen LogP contribution in [0.15, 0.2) is 47.1 Å². The van der Waals surface area contributed by atoms with Crippen molar-refractivity contribution in [3.05, 3.63) is 69.3 Å². The minimum Gasteiger partial charge on any atom is -0.492 e. The monoisotopic (exact) mass is 495 g/mol. The topological polar surface area (TPSA) is 77.7 Å². The minimum absolute atomic E-state index is 0.401. The number of nitrogens with zero attached hydrogens (tertiary/aromatic N) is 2. The van der Waals surface area contributed by atoms with Gasteiger partial charge in [-0.05, 0) is 74.0 Å². The summed E-state index contributed by atoms with van der Waals surface area (Å²) >= 11 is 3.65. The van der Waals surface area contributed by atoms with E-state index in [1.807, 2.05) is 19.1 Å². The van der Waals surface area contributed by atoms with Crippen molar-refractivity contribution in [2.24, 2.45) is 5.73 Å². The number of hydrogen-bond donors (Lipinski definition) is 1. The lowest BCUT2D eigenvalue weighted by Crippen LogP contribution is -2.49. The molecule has 1 aromatic heterocycles. The van der Waals surface area contributed by atoms with Gasteiger partial charge in [0, 0.05) is 27.7 Å². The van der Waals surface area contributed by atoms with Crippen LogP contribution < -0.4 is 10.5 Å². The largest absolute Gasteiger partial charge is 0.492 e. The number of halogens is 1. The number of pyridine rings is 1. The predicted molar refractivity (Wildman–Crippen MR) is 127 cm³/mol. The Bertz CT molecular complexity index is 1210. The van der Waals surface area contributed by atoms with Crippen molar-refractivity contribution in [2.45, 2.75) is 24.8 Å². The number of carbonyl (C=O) groups excluding carboxylic acids is 1. The lowest BCUT2D eigenvalue weighted by Gasteiger charge is -2.44. The molecule has 32 heavy (non-hydrogen) atoms. The van der Waals surface area contributed by atoms with Crippen LogP contribution in [0.2, 0.25) is 0 Å². The zero-order valence-electron chi connectivity index (χ0n) is 18.2. The fraction of sp³-hybridized carbons (Fsp3) is 0.360. The van der Waals surface area contributed by atoms with E-state index in [1.165, 1.54) is 0 Å². The maximum atomic E-state index is 12.3. The number of benzene rings is 2. The Morgan fingerprint density at radius 3 is 2.75 bits per heavy atom. The molecule has 2 N–H and O–H groups in total. The molecule has 0 spiro atoms. The average molecular weight is 496 g/mol. The van der Waals surface area contributed by atoms with Gasteiger partial charge in [-0.2, -0.15) is 0 Å². The van der Waals surface area contributed by atoms with Gasteiger partial charge < -0.3 is 15.2 Å². The molecular weight excluding hydrogens is 470 g/mol. The summed E-state index contributed by atoms with van der Waals surface area (Å²) < 4.78 is 12.9. The summed E-state index contributed by atoms with van der Waals surface area (Å²) in [5.74, 6) is 0.217. The number of likely N-dealkylation sites (N-methyl/N-ethyl adjacent to an activating group) is 1. The number of nitrogens with two attached hydrogens (primary N) is 1. The average Bonchev–Trinajstić information content (AvgIpc) is 2.73. The van der Waals surface area contributed by atoms with Gasteiger partial charge in [0.1, 0.15) is 12.4 Å². The Hall–Kier alpha value is -2.48. The van der Waals surface area contributed by atoms with Crippen LogP contribution in [0.3, 0.4) is 0 Å². The van der Waals surface area contributed by atoms with Crippen LogP contribution >= 0.6 is 15.9 Å². The lowest BCUT2D eigenvalue weighted by molar-refractivity contribution is -0.0377. The molecule has 7 heteroatoms. The number of carbonyl (C=O) groups is 1. The molecule has 2 aliphatic heterocycles. The van der Waals surface area contributed by atoms with Gasteiger partial charge in [0.25, 0.3) is 0 Å². The van der Waals surface area contributed by atoms with Crippen LogP contribution in [0, 0.1) is 6.92 Å². The first-order chi connectivity index (χ1) is 15.4. The molecule has 0 saturated carbocycles. The van der Waals surface area contributed by atoms with Crippen LogP contribution in [0.25, 0.3) is 10.9 Å². The molecule has 3 heterocycles. The first kappa shape index (κ1) is 21.4. The van der Waals surface area contributed by atoms with Crippen molar-refractivity contribution in [1.29, 1.82) is 0 Å². The number of amides is 1. The third-order valence-corrected chi connectivity index (χ3v) is 7.40. The predicted octanol–water partition coefficient (Wildman–Crippen LogP) is 3.80. The van der Waals surface area contributed by atoms with Gasteiger partial charge in [-0.3, -0.25) is 14.7 Å². The number of primary amides is 1. The third kappa shape index (κ3) is 3.49. The highest BCUT2D eigenvalue weighted by atomic mass is 79.9. The number of fused-ring (bicyclic) bond motifs is 1. The fourth-order valence-corrected chi connectivity index (χ4v) is 5.25. The zero-order chi connectivity index (χ0) is 22.5. The van der Waals surface area contributed by atoms with Crippen LogP contribution in [-0.2, 0) is 10.2 Å². The quantitative estimate of drug-likeness (QED) is 0.562.